The Bertz CT molecular complexity index is 345. The number of aryl methyl sites for hydroxylation is 2. The number of nitrogens with one attached hydrogen (secondary N) is 1. The molecule has 0 aliphatic carbocycles. The molecule has 1 saturated heterocycles. The van der Waals surface area contributed by atoms with Crippen LogP contribution in [0.4, 0.5) is 0 Å². The zero-order valence-electron chi connectivity index (χ0n) is 11.6. The third kappa shape index (κ3) is 3.82. The number of hydrogen-bond acceptors (Lipinski definition) is 3. The van der Waals surface area contributed by atoms with Crippen LogP contribution in [0.2, 0.25) is 0 Å². The second-order valence-electron chi connectivity index (χ2n) is 5.25. The molecule has 0 amide bonds. The van der Waals surface area contributed by atoms with E-state index in [1.165, 1.54) is 24.8 Å². The van der Waals surface area contributed by atoms with Crippen LogP contribution in [0.3, 0.4) is 0 Å². The second kappa shape index (κ2) is 6.90. The van der Waals surface area contributed by atoms with E-state index in [0.29, 0.717) is 12.0 Å². The number of hydrogen-bond donors (Lipinski definition) is 1. The first-order valence-electron chi connectivity index (χ1n) is 7.08. The lowest BCUT2D eigenvalue weighted by Gasteiger charge is -2.23. The molecule has 1 N–H and O–H groups in total. The third-order valence-corrected chi connectivity index (χ3v) is 3.69. The SMILES string of the molecule is CCCNC(CCc1cnn(C)c1)C1CCOC1. The van der Waals surface area contributed by atoms with Crippen molar-refractivity contribution in [3.05, 3.63) is 18.0 Å². The van der Waals surface area contributed by atoms with Crippen molar-refractivity contribution in [2.75, 3.05) is 19.8 Å². The van der Waals surface area contributed by atoms with Gasteiger partial charge in [0.2, 0.25) is 0 Å². The van der Waals surface area contributed by atoms with Crippen LogP contribution >= 0.6 is 0 Å². The number of aromatic nitrogens is 2. The molecule has 1 aliphatic rings. The van der Waals surface area contributed by atoms with Crippen molar-refractivity contribution in [2.45, 2.75) is 38.6 Å². The van der Waals surface area contributed by atoms with Gasteiger partial charge in [0.05, 0.1) is 12.8 Å². The van der Waals surface area contributed by atoms with Gasteiger partial charge >= 0.3 is 0 Å². The fourth-order valence-electron chi connectivity index (χ4n) is 2.63. The molecule has 0 radical (unpaired) electrons. The minimum atomic E-state index is 0.590. The summed E-state index contributed by atoms with van der Waals surface area (Å²) >= 11 is 0. The van der Waals surface area contributed by atoms with Crippen LogP contribution in [0.25, 0.3) is 0 Å². The first-order chi connectivity index (χ1) is 8.79. The fourth-order valence-corrected chi connectivity index (χ4v) is 2.63. The molecule has 0 saturated carbocycles. The van der Waals surface area contributed by atoms with Crippen LogP contribution in [0.1, 0.15) is 31.7 Å². The smallest absolute Gasteiger partial charge is 0.0521 e. The monoisotopic (exact) mass is 251 g/mol. The molecule has 2 heterocycles. The van der Waals surface area contributed by atoms with Gasteiger partial charge in [-0.15, -0.1) is 0 Å². The average Bonchev–Trinajstić information content (AvgIpc) is 3.01. The van der Waals surface area contributed by atoms with Crippen LogP contribution in [-0.2, 0) is 18.2 Å². The molecule has 4 nitrogen and oxygen atoms in total. The summed E-state index contributed by atoms with van der Waals surface area (Å²) in [6.07, 6.45) is 8.76. The van der Waals surface area contributed by atoms with Gasteiger partial charge in [-0.25, -0.2) is 0 Å². The summed E-state index contributed by atoms with van der Waals surface area (Å²) in [5.41, 5.74) is 1.33. The van der Waals surface area contributed by atoms with Gasteiger partial charge in [0.25, 0.3) is 0 Å². The Balaban J connectivity index is 1.83. The predicted molar refractivity (Wildman–Crippen MR) is 72.5 cm³/mol. The van der Waals surface area contributed by atoms with Gasteiger partial charge in [-0.05, 0) is 43.7 Å². The van der Waals surface area contributed by atoms with E-state index in [4.69, 9.17) is 4.74 Å². The Morgan fingerprint density at radius 3 is 3.11 bits per heavy atom. The topological polar surface area (TPSA) is 39.1 Å². The lowest BCUT2D eigenvalue weighted by Crippen LogP contribution is -2.37. The molecule has 1 fully saturated rings. The molecule has 0 aromatic carbocycles. The number of ether oxygens (including phenoxy) is 1. The molecule has 1 aromatic rings. The van der Waals surface area contributed by atoms with E-state index in [1.807, 2.05) is 17.9 Å². The Morgan fingerprint density at radius 1 is 1.61 bits per heavy atom. The van der Waals surface area contributed by atoms with Gasteiger partial charge in [-0.3, -0.25) is 4.68 Å². The molecule has 4 heteroatoms. The van der Waals surface area contributed by atoms with Crippen LogP contribution in [0.15, 0.2) is 12.4 Å². The molecule has 0 spiro atoms. The summed E-state index contributed by atoms with van der Waals surface area (Å²) in [6.45, 7) is 5.18. The second-order valence-corrected chi connectivity index (χ2v) is 5.25. The van der Waals surface area contributed by atoms with Gasteiger partial charge in [0.1, 0.15) is 0 Å². The zero-order chi connectivity index (χ0) is 12.8. The maximum Gasteiger partial charge on any atom is 0.0521 e. The highest BCUT2D eigenvalue weighted by molar-refractivity contribution is 5.04. The predicted octanol–water partition coefficient (Wildman–Crippen LogP) is 1.76. The normalized spacial score (nSPS) is 21.3. The van der Waals surface area contributed by atoms with E-state index >= 15 is 0 Å². The minimum Gasteiger partial charge on any atom is -0.381 e. The highest BCUT2D eigenvalue weighted by Gasteiger charge is 2.24. The summed E-state index contributed by atoms with van der Waals surface area (Å²) in [4.78, 5) is 0. The van der Waals surface area contributed by atoms with Crippen molar-refractivity contribution in [1.82, 2.24) is 15.1 Å². The van der Waals surface area contributed by atoms with Crippen molar-refractivity contribution in [2.24, 2.45) is 13.0 Å². The number of rotatable bonds is 7. The fraction of sp³-hybridized carbons (Fsp3) is 0.786. The van der Waals surface area contributed by atoms with Gasteiger partial charge in [0, 0.05) is 25.9 Å². The molecule has 2 atom stereocenters. The standard InChI is InChI=1S/C14H25N3O/c1-3-7-15-14(13-6-8-18-11-13)5-4-12-9-16-17(2)10-12/h9-10,13-15H,3-8,11H2,1-2H3. The van der Waals surface area contributed by atoms with Crippen molar-refractivity contribution in [3.63, 3.8) is 0 Å². The lowest BCUT2D eigenvalue weighted by atomic mass is 9.93. The van der Waals surface area contributed by atoms with E-state index in [2.05, 4.69) is 23.5 Å². The van der Waals surface area contributed by atoms with Crippen molar-refractivity contribution in [3.8, 4) is 0 Å². The van der Waals surface area contributed by atoms with Crippen molar-refractivity contribution < 1.29 is 4.74 Å². The van der Waals surface area contributed by atoms with Crippen molar-refractivity contribution >= 4 is 0 Å². The third-order valence-electron chi connectivity index (χ3n) is 3.69. The zero-order valence-corrected chi connectivity index (χ0v) is 11.6. The first kappa shape index (κ1) is 13.6. The van der Waals surface area contributed by atoms with Crippen LogP contribution in [-0.4, -0.2) is 35.6 Å². The van der Waals surface area contributed by atoms with E-state index in [0.717, 1.165) is 26.2 Å². The summed E-state index contributed by atoms with van der Waals surface area (Å²) in [5.74, 6) is 0.688. The summed E-state index contributed by atoms with van der Waals surface area (Å²) in [7, 11) is 1.97. The molecule has 2 unspecified atom stereocenters. The Labute approximate surface area is 110 Å². The van der Waals surface area contributed by atoms with Gasteiger partial charge < -0.3 is 10.1 Å². The molecule has 18 heavy (non-hydrogen) atoms. The Kier molecular flexibility index (Phi) is 5.20. The first-order valence-corrected chi connectivity index (χ1v) is 7.08. The van der Waals surface area contributed by atoms with E-state index < -0.39 is 0 Å². The van der Waals surface area contributed by atoms with Crippen molar-refractivity contribution in [1.29, 1.82) is 0 Å². The van der Waals surface area contributed by atoms with E-state index in [9.17, 15) is 0 Å². The molecule has 1 aromatic heterocycles. The van der Waals surface area contributed by atoms with Gasteiger partial charge in [-0.2, -0.15) is 5.10 Å². The number of nitrogens with zero attached hydrogens (tertiary/aromatic N) is 2. The minimum absolute atomic E-state index is 0.590. The summed E-state index contributed by atoms with van der Waals surface area (Å²) in [5, 5.41) is 7.91. The van der Waals surface area contributed by atoms with E-state index in [-0.39, 0.29) is 0 Å². The van der Waals surface area contributed by atoms with Gasteiger partial charge in [-0.1, -0.05) is 6.92 Å². The van der Waals surface area contributed by atoms with Crippen LogP contribution < -0.4 is 5.32 Å². The van der Waals surface area contributed by atoms with E-state index in [1.54, 1.807) is 0 Å². The van der Waals surface area contributed by atoms with Crippen LogP contribution in [0.5, 0.6) is 0 Å². The molecule has 2 rings (SSSR count). The Morgan fingerprint density at radius 2 is 2.50 bits per heavy atom. The Hall–Kier alpha value is -0.870. The highest BCUT2D eigenvalue weighted by atomic mass is 16.5. The van der Waals surface area contributed by atoms with Crippen LogP contribution in [0, 0.1) is 5.92 Å². The molecular weight excluding hydrogens is 226 g/mol. The molecule has 1 aliphatic heterocycles. The quantitative estimate of drug-likeness (QED) is 0.802. The summed E-state index contributed by atoms with van der Waals surface area (Å²) < 4.78 is 7.40. The maximum atomic E-state index is 5.52. The lowest BCUT2D eigenvalue weighted by molar-refractivity contribution is 0.175. The molecule has 102 valence electrons. The average molecular weight is 251 g/mol. The molecular formula is C14H25N3O. The summed E-state index contributed by atoms with van der Waals surface area (Å²) in [6, 6.07) is 0.590. The maximum absolute atomic E-state index is 5.52. The largest absolute Gasteiger partial charge is 0.381 e. The highest BCUT2D eigenvalue weighted by Crippen LogP contribution is 2.20. The van der Waals surface area contributed by atoms with Gasteiger partial charge in [0.15, 0.2) is 0 Å². The molecule has 0 bridgehead atoms.